The molecule has 1 aromatic heterocycles. The Balaban J connectivity index is 0.00000243. The second-order valence-corrected chi connectivity index (χ2v) is 7.16. The fourth-order valence-electron chi connectivity index (χ4n) is 3.03. The molecule has 1 saturated heterocycles. The van der Waals surface area contributed by atoms with Crippen molar-refractivity contribution in [1.82, 2.24) is 10.2 Å². The van der Waals surface area contributed by atoms with Crippen molar-refractivity contribution in [2.45, 2.75) is 20.4 Å². The van der Waals surface area contributed by atoms with Crippen LogP contribution in [0.15, 0.2) is 40.7 Å². The maximum absolute atomic E-state index is 10.0. The number of para-hydroxylation sites is 2. The molecule has 0 aliphatic carbocycles. The number of anilines is 1. The highest BCUT2D eigenvalue weighted by molar-refractivity contribution is 14.0. The quantitative estimate of drug-likeness (QED) is 0.394. The fraction of sp³-hybridized carbons (Fsp3) is 0.421. The van der Waals surface area contributed by atoms with E-state index in [1.165, 1.54) is 10.4 Å². The van der Waals surface area contributed by atoms with Gasteiger partial charge in [-0.25, -0.2) is 4.99 Å². The second-order valence-electron chi connectivity index (χ2n) is 6.16. The van der Waals surface area contributed by atoms with Crippen LogP contribution in [0.4, 0.5) is 5.69 Å². The van der Waals surface area contributed by atoms with Gasteiger partial charge in [-0.15, -0.1) is 35.3 Å². The standard InChI is InChI=1S/C19H26N4OS.HI/c1-3-20-19(21-14-18-15(2)8-13-25-18)23-11-9-22(10-12-23)16-6-4-5-7-17(16)24;/h4-8,13,24H,3,9-12,14H2,1-2H3,(H,20,21);1H. The lowest BCUT2D eigenvalue weighted by Gasteiger charge is -2.37. The summed E-state index contributed by atoms with van der Waals surface area (Å²) in [5.74, 6) is 1.33. The predicted molar refractivity (Wildman–Crippen MR) is 121 cm³/mol. The van der Waals surface area contributed by atoms with Crippen LogP contribution >= 0.6 is 35.3 Å². The summed E-state index contributed by atoms with van der Waals surface area (Å²) in [7, 11) is 0. The Kier molecular flexibility index (Phi) is 8.02. The summed E-state index contributed by atoms with van der Waals surface area (Å²) >= 11 is 1.77. The molecule has 0 amide bonds. The Morgan fingerprint density at radius 3 is 2.54 bits per heavy atom. The third kappa shape index (κ3) is 5.03. The average Bonchev–Trinajstić information content (AvgIpc) is 3.04. The van der Waals surface area contributed by atoms with Crippen LogP contribution in [0.3, 0.4) is 0 Å². The third-order valence-electron chi connectivity index (χ3n) is 4.48. The number of aryl methyl sites for hydroxylation is 1. The molecule has 26 heavy (non-hydrogen) atoms. The van der Waals surface area contributed by atoms with Crippen LogP contribution in [0.1, 0.15) is 17.4 Å². The maximum atomic E-state index is 10.0. The van der Waals surface area contributed by atoms with Crippen molar-refractivity contribution in [3.05, 3.63) is 46.2 Å². The Morgan fingerprint density at radius 2 is 1.92 bits per heavy atom. The average molecular weight is 486 g/mol. The zero-order valence-electron chi connectivity index (χ0n) is 15.3. The minimum atomic E-state index is 0. The van der Waals surface area contributed by atoms with E-state index in [9.17, 15) is 5.11 Å². The first-order chi connectivity index (χ1) is 12.2. The van der Waals surface area contributed by atoms with E-state index >= 15 is 0 Å². The number of nitrogens with zero attached hydrogens (tertiary/aromatic N) is 3. The minimum Gasteiger partial charge on any atom is -0.506 e. The summed E-state index contributed by atoms with van der Waals surface area (Å²) < 4.78 is 0. The molecule has 2 N–H and O–H groups in total. The first-order valence-electron chi connectivity index (χ1n) is 8.78. The van der Waals surface area contributed by atoms with E-state index in [1.807, 2.05) is 18.2 Å². The Hall–Kier alpha value is -1.48. The zero-order valence-corrected chi connectivity index (χ0v) is 18.5. The molecule has 1 fully saturated rings. The normalized spacial score (nSPS) is 14.9. The SMILES string of the molecule is CCNC(=NCc1sccc1C)N1CCN(c2ccccc2O)CC1.I. The van der Waals surface area contributed by atoms with Crippen LogP contribution < -0.4 is 10.2 Å². The van der Waals surface area contributed by atoms with E-state index in [1.54, 1.807) is 17.4 Å². The molecular formula is C19H27IN4OS. The number of nitrogens with one attached hydrogen (secondary N) is 1. The van der Waals surface area contributed by atoms with E-state index in [0.717, 1.165) is 50.9 Å². The van der Waals surface area contributed by atoms with Gasteiger partial charge in [0.1, 0.15) is 5.75 Å². The predicted octanol–water partition coefficient (Wildman–Crippen LogP) is 3.67. The van der Waals surface area contributed by atoms with E-state index in [2.05, 4.69) is 40.4 Å². The van der Waals surface area contributed by atoms with Crippen molar-refractivity contribution in [3.8, 4) is 5.75 Å². The summed E-state index contributed by atoms with van der Waals surface area (Å²) in [4.78, 5) is 10.7. The molecule has 0 radical (unpaired) electrons. The highest BCUT2D eigenvalue weighted by Crippen LogP contribution is 2.27. The molecule has 2 heterocycles. The van der Waals surface area contributed by atoms with E-state index < -0.39 is 0 Å². The number of hydrogen-bond donors (Lipinski definition) is 2. The van der Waals surface area contributed by atoms with Crippen molar-refractivity contribution in [2.75, 3.05) is 37.6 Å². The van der Waals surface area contributed by atoms with Crippen molar-refractivity contribution in [3.63, 3.8) is 0 Å². The third-order valence-corrected chi connectivity index (χ3v) is 5.48. The van der Waals surface area contributed by atoms with Gasteiger partial charge in [-0.05, 0) is 43.0 Å². The summed E-state index contributed by atoms with van der Waals surface area (Å²) in [6.45, 7) is 9.37. The Bertz CT molecular complexity index is 726. The molecule has 1 aliphatic rings. The van der Waals surface area contributed by atoms with Crippen LogP contribution in [0.2, 0.25) is 0 Å². The monoisotopic (exact) mass is 486 g/mol. The van der Waals surface area contributed by atoms with Gasteiger partial charge in [-0.1, -0.05) is 12.1 Å². The van der Waals surface area contributed by atoms with Crippen LogP contribution in [0.25, 0.3) is 0 Å². The number of phenols is 1. The van der Waals surface area contributed by atoms with Gasteiger partial charge in [0.15, 0.2) is 5.96 Å². The summed E-state index contributed by atoms with van der Waals surface area (Å²) in [6, 6.07) is 9.70. The van der Waals surface area contributed by atoms with Crippen molar-refractivity contribution in [1.29, 1.82) is 0 Å². The van der Waals surface area contributed by atoms with E-state index in [0.29, 0.717) is 5.75 Å². The topological polar surface area (TPSA) is 51.1 Å². The van der Waals surface area contributed by atoms with Gasteiger partial charge in [0.2, 0.25) is 0 Å². The number of phenolic OH excluding ortho intramolecular Hbond substituents is 1. The number of benzene rings is 1. The molecule has 1 aliphatic heterocycles. The van der Waals surface area contributed by atoms with Gasteiger partial charge >= 0.3 is 0 Å². The van der Waals surface area contributed by atoms with Crippen molar-refractivity contribution < 1.29 is 5.11 Å². The first-order valence-corrected chi connectivity index (χ1v) is 9.66. The smallest absolute Gasteiger partial charge is 0.194 e. The molecule has 2 aromatic rings. The number of aromatic hydroxyl groups is 1. The Morgan fingerprint density at radius 1 is 1.19 bits per heavy atom. The molecule has 0 spiro atoms. The van der Waals surface area contributed by atoms with E-state index in [-0.39, 0.29) is 24.0 Å². The molecule has 7 heteroatoms. The number of hydrogen-bond acceptors (Lipinski definition) is 4. The number of aliphatic imine (C=N–C) groups is 1. The highest BCUT2D eigenvalue weighted by atomic mass is 127. The number of rotatable bonds is 4. The number of halogens is 1. The second kappa shape index (κ2) is 10.0. The molecule has 0 unspecified atom stereocenters. The van der Waals surface area contributed by atoms with Crippen molar-refractivity contribution >= 4 is 47.0 Å². The van der Waals surface area contributed by atoms with Crippen LogP contribution in [0.5, 0.6) is 5.75 Å². The molecule has 142 valence electrons. The minimum absolute atomic E-state index is 0. The molecule has 3 rings (SSSR count). The van der Waals surface area contributed by atoms with Crippen LogP contribution in [-0.4, -0.2) is 48.7 Å². The lowest BCUT2D eigenvalue weighted by Crippen LogP contribution is -2.52. The van der Waals surface area contributed by atoms with Gasteiger partial charge in [0.05, 0.1) is 12.2 Å². The molecule has 0 bridgehead atoms. The summed E-state index contributed by atoms with van der Waals surface area (Å²) in [5, 5.41) is 15.6. The highest BCUT2D eigenvalue weighted by Gasteiger charge is 2.21. The van der Waals surface area contributed by atoms with Gasteiger partial charge < -0.3 is 20.2 Å². The van der Waals surface area contributed by atoms with Gasteiger partial charge in [0, 0.05) is 37.6 Å². The lowest BCUT2D eigenvalue weighted by molar-refractivity contribution is 0.370. The van der Waals surface area contributed by atoms with E-state index in [4.69, 9.17) is 4.99 Å². The molecule has 1 aromatic carbocycles. The Labute approximate surface area is 176 Å². The molecular weight excluding hydrogens is 459 g/mol. The van der Waals surface area contributed by atoms with Gasteiger partial charge in [-0.2, -0.15) is 0 Å². The van der Waals surface area contributed by atoms with Crippen molar-refractivity contribution in [2.24, 2.45) is 4.99 Å². The number of piperazine rings is 1. The largest absolute Gasteiger partial charge is 0.506 e. The summed E-state index contributed by atoms with van der Waals surface area (Å²) in [6.07, 6.45) is 0. The molecule has 0 atom stereocenters. The number of thiophene rings is 1. The lowest BCUT2D eigenvalue weighted by atomic mass is 10.2. The van der Waals surface area contributed by atoms with Crippen LogP contribution in [-0.2, 0) is 6.54 Å². The first kappa shape index (κ1) is 20.8. The van der Waals surface area contributed by atoms with Crippen LogP contribution in [0, 0.1) is 6.92 Å². The molecule has 5 nitrogen and oxygen atoms in total. The molecule has 0 saturated carbocycles. The summed E-state index contributed by atoms with van der Waals surface area (Å²) in [5.41, 5.74) is 2.23. The fourth-order valence-corrected chi connectivity index (χ4v) is 3.86. The number of guanidine groups is 1. The maximum Gasteiger partial charge on any atom is 0.194 e. The van der Waals surface area contributed by atoms with Gasteiger partial charge in [0.25, 0.3) is 0 Å². The zero-order chi connectivity index (χ0) is 17.6. The van der Waals surface area contributed by atoms with Gasteiger partial charge in [-0.3, -0.25) is 0 Å².